The van der Waals surface area contributed by atoms with Crippen molar-refractivity contribution in [3.8, 4) is 5.75 Å². The van der Waals surface area contributed by atoms with Crippen molar-refractivity contribution in [1.82, 2.24) is 14.5 Å². The summed E-state index contributed by atoms with van der Waals surface area (Å²) >= 11 is 6.46. The predicted molar refractivity (Wildman–Crippen MR) is 202 cm³/mol. The normalized spacial score (nSPS) is 31.2. The van der Waals surface area contributed by atoms with E-state index >= 15 is 0 Å². The van der Waals surface area contributed by atoms with Crippen LogP contribution in [0.15, 0.2) is 52.9 Å². The molecule has 0 aromatic heterocycles. The molecule has 7 rings (SSSR count). The number of nitrogens with zero attached hydrogens (tertiary/aromatic N) is 4. The Bertz CT molecular complexity index is 1870. The number of carbonyl (C=O) groups is 3. The van der Waals surface area contributed by atoms with Crippen molar-refractivity contribution >= 4 is 45.0 Å². The van der Waals surface area contributed by atoms with Gasteiger partial charge in [0, 0.05) is 69.3 Å². The largest absolute Gasteiger partial charge is 0.490 e. The number of rotatable bonds is 2. The Kier molecular flexibility index (Phi) is 10.6. The van der Waals surface area contributed by atoms with Gasteiger partial charge in [-0.25, -0.2) is 9.00 Å². The van der Waals surface area contributed by atoms with Crippen LogP contribution >= 0.6 is 11.6 Å². The van der Waals surface area contributed by atoms with Crippen LogP contribution in [0.5, 0.6) is 5.75 Å². The Morgan fingerprint density at radius 2 is 1.88 bits per heavy atom. The van der Waals surface area contributed by atoms with Gasteiger partial charge >= 0.3 is 6.03 Å². The number of fused-ring (bicyclic) bond motifs is 4. The zero-order valence-corrected chi connectivity index (χ0v) is 31.9. The molecule has 1 spiro atoms. The number of halogens is 1. The first-order valence-corrected chi connectivity index (χ1v) is 20.6. The van der Waals surface area contributed by atoms with E-state index in [1.165, 1.54) is 23.0 Å². The average molecular weight is 752 g/mol. The van der Waals surface area contributed by atoms with Crippen molar-refractivity contribution in [1.29, 1.82) is 0 Å². The molecule has 3 aliphatic heterocycles. The number of carbonyl (C=O) groups excluding carboxylic acids is 3. The number of allylic oxidation sites excluding steroid dienone is 1. The summed E-state index contributed by atoms with van der Waals surface area (Å²) in [6, 6.07) is 11.0. The molecule has 5 aliphatic rings. The number of anilines is 1. The molecule has 2 aromatic carbocycles. The Morgan fingerprint density at radius 3 is 2.62 bits per heavy atom. The van der Waals surface area contributed by atoms with Gasteiger partial charge in [0.15, 0.2) is 0 Å². The SMILES string of the molecule is CO[C@H]1/C=C/C[C@H](C)C[S@@](=O)(NC(=O)N2CCN(C(C)=O)CC2)=NC(=O)c2ccc3c(c2)N(C[C@@H]2CC[C@H]21)C[C@@]1(CCCc2cc(Cl)ccc21)CO3. The van der Waals surface area contributed by atoms with Crippen molar-refractivity contribution in [2.75, 3.05) is 63.6 Å². The maximum atomic E-state index is 14.6. The molecule has 52 heavy (non-hydrogen) atoms. The Hall–Kier alpha value is -3.61. The highest BCUT2D eigenvalue weighted by Crippen LogP contribution is 2.47. The zero-order chi connectivity index (χ0) is 36.6. The molecule has 1 saturated carbocycles. The summed E-state index contributed by atoms with van der Waals surface area (Å²) < 4.78 is 34.2. The highest BCUT2D eigenvalue weighted by molar-refractivity contribution is 7.92. The summed E-state index contributed by atoms with van der Waals surface area (Å²) in [5.41, 5.74) is 3.36. The van der Waals surface area contributed by atoms with Gasteiger partial charge in [0.25, 0.3) is 5.91 Å². The molecule has 4 amide bonds. The van der Waals surface area contributed by atoms with Gasteiger partial charge in [-0.1, -0.05) is 36.7 Å². The molecule has 1 saturated heterocycles. The summed E-state index contributed by atoms with van der Waals surface area (Å²) in [5, 5.41) is 0.735. The van der Waals surface area contributed by atoms with Gasteiger partial charge in [-0.15, -0.1) is 4.36 Å². The first-order valence-electron chi connectivity index (χ1n) is 18.6. The smallest absolute Gasteiger partial charge is 0.329 e. The van der Waals surface area contributed by atoms with E-state index in [2.05, 4.69) is 38.3 Å². The lowest BCUT2D eigenvalue weighted by Crippen LogP contribution is -2.54. The molecule has 13 heteroatoms. The third-order valence-electron chi connectivity index (χ3n) is 11.8. The first kappa shape index (κ1) is 36.7. The quantitative estimate of drug-likeness (QED) is 0.383. The van der Waals surface area contributed by atoms with E-state index in [9.17, 15) is 18.6 Å². The second-order valence-corrected chi connectivity index (χ2v) is 17.8. The fourth-order valence-electron chi connectivity index (χ4n) is 8.79. The second-order valence-electron chi connectivity index (χ2n) is 15.4. The topological polar surface area (TPSA) is 121 Å². The number of amides is 4. The van der Waals surface area contributed by atoms with Crippen molar-refractivity contribution in [3.63, 3.8) is 0 Å². The zero-order valence-electron chi connectivity index (χ0n) is 30.4. The standard InChI is InChI=1S/C39H50ClN5O6S/c1-26-6-4-8-35(50-3)32-12-9-30(32)22-45-24-39(15-5-7-28-20-31(40)11-13-33(28)39)25-51-36-14-10-29(21-34(36)45)37(47)41-52(49,23-26)42-38(48)44-18-16-43(17-19-44)27(2)46/h4,8,10-11,13-14,20-21,26,30,32,35H,5-7,9,12,15-19,22-25H2,1-3H3,(H,41,42,47,48,49)/b8-4+/t26-,30-,32+,35-,39-,52-/m0/s1. The van der Waals surface area contributed by atoms with Crippen LogP contribution in [0, 0.1) is 17.8 Å². The minimum absolute atomic E-state index is 0.00193. The molecule has 0 radical (unpaired) electrons. The highest BCUT2D eigenvalue weighted by Gasteiger charge is 2.44. The number of nitrogens with one attached hydrogen (secondary N) is 1. The fraction of sp³-hybridized carbons (Fsp3) is 0.564. The summed E-state index contributed by atoms with van der Waals surface area (Å²) in [6.07, 6.45) is 9.82. The lowest BCUT2D eigenvalue weighted by molar-refractivity contribution is -0.130. The maximum Gasteiger partial charge on any atom is 0.329 e. The molecular weight excluding hydrogens is 702 g/mol. The van der Waals surface area contributed by atoms with Gasteiger partial charge in [-0.05, 0) is 97.7 Å². The average Bonchev–Trinajstić information content (AvgIpc) is 3.25. The number of piperazine rings is 1. The fourth-order valence-corrected chi connectivity index (χ4v) is 10.9. The molecule has 0 unspecified atom stereocenters. The third kappa shape index (κ3) is 7.57. The van der Waals surface area contributed by atoms with Gasteiger partial charge in [0.05, 0.1) is 24.2 Å². The Balaban J connectivity index is 1.26. The predicted octanol–water partition coefficient (Wildman–Crippen LogP) is 5.85. The number of methoxy groups -OCH3 is 1. The van der Waals surface area contributed by atoms with Crippen LogP contribution < -0.4 is 14.4 Å². The van der Waals surface area contributed by atoms with Gasteiger partial charge in [0.2, 0.25) is 5.91 Å². The molecule has 3 heterocycles. The van der Waals surface area contributed by atoms with Crippen LogP contribution in [0.3, 0.4) is 0 Å². The van der Waals surface area contributed by atoms with Crippen LogP contribution in [0.2, 0.25) is 5.02 Å². The van der Waals surface area contributed by atoms with Crippen LogP contribution in [0.1, 0.15) is 67.4 Å². The molecule has 1 N–H and O–H groups in total. The molecular formula is C39H50ClN5O6S. The molecule has 2 fully saturated rings. The molecule has 11 nitrogen and oxygen atoms in total. The van der Waals surface area contributed by atoms with Crippen molar-refractivity contribution < 1.29 is 28.1 Å². The van der Waals surface area contributed by atoms with Crippen molar-refractivity contribution in [2.45, 2.75) is 63.9 Å². The summed E-state index contributed by atoms with van der Waals surface area (Å²) in [7, 11) is -1.78. The molecule has 2 aromatic rings. The minimum Gasteiger partial charge on any atom is -0.490 e. The highest BCUT2D eigenvalue weighted by atomic mass is 35.5. The Labute approximate surface area is 312 Å². The summed E-state index contributed by atoms with van der Waals surface area (Å²) in [6.45, 7) is 6.80. The first-order chi connectivity index (χ1) is 25.0. The lowest BCUT2D eigenvalue weighted by Gasteiger charge is -2.46. The molecule has 6 atom stereocenters. The summed E-state index contributed by atoms with van der Waals surface area (Å²) in [4.78, 5) is 44.9. The summed E-state index contributed by atoms with van der Waals surface area (Å²) in [5.74, 6) is 0.548. The van der Waals surface area contributed by atoms with Crippen LogP contribution in [0.4, 0.5) is 10.5 Å². The Morgan fingerprint density at radius 1 is 1.10 bits per heavy atom. The van der Waals surface area contributed by atoms with Crippen LogP contribution in [-0.4, -0.2) is 96.7 Å². The van der Waals surface area contributed by atoms with E-state index in [0.717, 1.165) is 49.4 Å². The van der Waals surface area contributed by atoms with E-state index in [-0.39, 0.29) is 34.7 Å². The van der Waals surface area contributed by atoms with E-state index in [1.807, 2.05) is 25.1 Å². The molecule has 280 valence electrons. The third-order valence-corrected chi connectivity index (χ3v) is 14.0. The van der Waals surface area contributed by atoms with E-state index in [1.54, 1.807) is 18.1 Å². The maximum absolute atomic E-state index is 14.6. The minimum atomic E-state index is -3.54. The monoisotopic (exact) mass is 751 g/mol. The molecule has 2 aliphatic carbocycles. The van der Waals surface area contributed by atoms with E-state index in [4.69, 9.17) is 21.1 Å². The van der Waals surface area contributed by atoms with Gasteiger partial charge in [0.1, 0.15) is 15.7 Å². The van der Waals surface area contributed by atoms with Crippen molar-refractivity contribution in [2.24, 2.45) is 22.1 Å². The van der Waals surface area contributed by atoms with Crippen LogP contribution in [-0.2, 0) is 31.3 Å². The molecule has 2 bridgehead atoms. The van der Waals surface area contributed by atoms with E-state index in [0.29, 0.717) is 63.3 Å². The lowest BCUT2D eigenvalue weighted by atomic mass is 9.68. The number of aryl methyl sites for hydroxylation is 1. The number of hydrogen-bond donors (Lipinski definition) is 1. The van der Waals surface area contributed by atoms with Gasteiger partial charge in [-0.2, -0.15) is 0 Å². The number of benzene rings is 2. The van der Waals surface area contributed by atoms with Crippen molar-refractivity contribution in [3.05, 3.63) is 70.3 Å². The van der Waals surface area contributed by atoms with Gasteiger partial charge < -0.3 is 24.2 Å². The number of ether oxygens (including phenoxy) is 2. The van der Waals surface area contributed by atoms with Crippen LogP contribution in [0.25, 0.3) is 0 Å². The van der Waals surface area contributed by atoms with Gasteiger partial charge in [-0.3, -0.25) is 14.3 Å². The number of hydrogen-bond acceptors (Lipinski definition) is 7. The number of urea groups is 1. The van der Waals surface area contributed by atoms with E-state index < -0.39 is 21.9 Å². The second kappa shape index (κ2) is 15.0.